The van der Waals surface area contributed by atoms with E-state index in [9.17, 15) is 54.7 Å². The van der Waals surface area contributed by atoms with Crippen molar-refractivity contribution in [3.05, 3.63) is 184 Å². The standard InChI is InChI=1S/C73H84F7N9O8/c1-84(34-14-35-86(3)67(92)53-22-27-64(82-47-53)81-33-13-5-8-21-65(90)85(2)41-42-87-36-28-59(29-37-87)97-69(94)83-62-20-12-10-18-60(62)51-15-6-4-7-16-51)66(91)48-95-63-45-52-17-9-11-19-61(52)70(63)30-38-88(39-31-70)40-32-71(55-23-25-58(74)26-24-55)49-89(50-96-71)68(93)54-43-56(72(75,76)77)46-57(44-54)73(78,79)80/h4,6-7,9-12,15-20,22-27,43-44,46-47,59,63H,5,8,13-14,21,28-42,45,48-50H2,1-3H3,(H,81,82)(H,83,94)/t63?,71-/m0/s1. The summed E-state index contributed by atoms with van der Waals surface area (Å²) >= 11 is 0. The van der Waals surface area contributed by atoms with E-state index in [-0.39, 0.29) is 55.6 Å². The summed E-state index contributed by atoms with van der Waals surface area (Å²) in [7, 11) is 5.26. The average Bonchev–Trinajstić information content (AvgIpc) is 1.61. The first kappa shape index (κ1) is 71.3. The van der Waals surface area contributed by atoms with E-state index in [0.29, 0.717) is 113 Å². The Kier molecular flexibility index (Phi) is 23.4. The van der Waals surface area contributed by atoms with Crippen molar-refractivity contribution in [2.75, 3.05) is 117 Å². The minimum Gasteiger partial charge on any atom is -0.446 e. The number of rotatable bonds is 26. The molecule has 518 valence electrons. The van der Waals surface area contributed by atoms with Crippen molar-refractivity contribution in [1.82, 2.24) is 34.4 Å². The second-order valence-corrected chi connectivity index (χ2v) is 25.8. The average molecular weight is 1350 g/mol. The maximum absolute atomic E-state index is 14.2. The number of nitrogens with zero attached hydrogens (tertiary/aromatic N) is 7. The minimum absolute atomic E-state index is 0.0299. The highest BCUT2D eigenvalue weighted by Gasteiger charge is 2.50. The number of benzene rings is 5. The van der Waals surface area contributed by atoms with E-state index in [0.717, 1.165) is 78.9 Å². The first-order valence-corrected chi connectivity index (χ1v) is 33.2. The zero-order chi connectivity index (χ0) is 68.9. The van der Waals surface area contributed by atoms with Gasteiger partial charge in [0, 0.05) is 103 Å². The van der Waals surface area contributed by atoms with Crippen LogP contribution in [0.3, 0.4) is 0 Å². The van der Waals surface area contributed by atoms with Gasteiger partial charge in [0.15, 0.2) is 0 Å². The molecule has 1 aliphatic carbocycles. The molecule has 2 N–H and O–H groups in total. The van der Waals surface area contributed by atoms with E-state index in [1.807, 2.05) is 73.8 Å². The number of likely N-dealkylation sites (tertiary alicyclic amines) is 2. The molecule has 4 heterocycles. The number of carbonyl (C=O) groups excluding carboxylic acids is 5. The molecule has 0 saturated carbocycles. The highest BCUT2D eigenvalue weighted by atomic mass is 19.4. The van der Waals surface area contributed by atoms with Crippen LogP contribution in [0, 0.1) is 5.82 Å². The quantitative estimate of drug-likeness (QED) is 0.0390. The zero-order valence-electron chi connectivity index (χ0n) is 54.9. The van der Waals surface area contributed by atoms with Crippen LogP contribution in [0.15, 0.2) is 140 Å². The summed E-state index contributed by atoms with van der Waals surface area (Å²) in [4.78, 5) is 81.7. The molecule has 0 bridgehead atoms. The molecule has 10 rings (SSSR count). The van der Waals surface area contributed by atoms with Gasteiger partial charge in [-0.15, -0.1) is 0 Å². The first-order valence-electron chi connectivity index (χ1n) is 33.2. The molecule has 2 atom stereocenters. The van der Waals surface area contributed by atoms with Crippen LogP contribution in [-0.2, 0) is 53.6 Å². The SMILES string of the molecule is CN(CCN1CCC(OC(=O)Nc2ccccc2-c2ccccc2)CC1)C(=O)CCCCCNc1ccc(C(=O)N(C)CCCN(C)C(=O)COC2Cc3ccccc3C23CCN(CC[C@@]2(c4ccc(F)cc4)CN(C(=O)c4cc(C(F)(F)F)cc(C(F)(F)F)c4)CO2)CC3)cn1. The lowest BCUT2D eigenvalue weighted by Crippen LogP contribution is -2.50. The second-order valence-electron chi connectivity index (χ2n) is 25.8. The molecule has 0 radical (unpaired) electrons. The van der Waals surface area contributed by atoms with Gasteiger partial charge in [-0.1, -0.05) is 91.3 Å². The van der Waals surface area contributed by atoms with Gasteiger partial charge in [0.2, 0.25) is 11.8 Å². The lowest BCUT2D eigenvalue weighted by atomic mass is 9.72. The van der Waals surface area contributed by atoms with Crippen molar-refractivity contribution < 1.29 is 68.9 Å². The molecule has 3 saturated heterocycles. The highest BCUT2D eigenvalue weighted by molar-refractivity contribution is 5.95. The summed E-state index contributed by atoms with van der Waals surface area (Å²) in [5.41, 5.74) is 0.155. The summed E-state index contributed by atoms with van der Waals surface area (Å²) in [5.74, 6) is -1.28. The molecular formula is C73H84F7N9O8. The molecule has 24 heteroatoms. The Hall–Kier alpha value is -8.45. The number of ether oxygens (including phenoxy) is 3. The summed E-state index contributed by atoms with van der Waals surface area (Å²) in [6.45, 7) is 5.17. The van der Waals surface area contributed by atoms with Crippen molar-refractivity contribution in [3.8, 4) is 11.1 Å². The number of fused-ring (bicyclic) bond motifs is 2. The fraction of sp³-hybridized carbons (Fsp3) is 0.452. The van der Waals surface area contributed by atoms with Gasteiger partial charge in [0.1, 0.15) is 36.7 Å². The van der Waals surface area contributed by atoms with Crippen molar-refractivity contribution >= 4 is 41.2 Å². The minimum atomic E-state index is -5.15. The number of unbranched alkanes of at least 4 members (excludes halogenated alkanes) is 2. The predicted octanol–water partition coefficient (Wildman–Crippen LogP) is 12.4. The fourth-order valence-electron chi connectivity index (χ4n) is 13.6. The zero-order valence-corrected chi connectivity index (χ0v) is 54.9. The van der Waals surface area contributed by atoms with E-state index in [4.69, 9.17) is 14.2 Å². The van der Waals surface area contributed by atoms with Gasteiger partial charge in [-0.3, -0.25) is 24.5 Å². The van der Waals surface area contributed by atoms with Crippen LogP contribution in [0.1, 0.15) is 113 Å². The Morgan fingerprint density at radius 3 is 2.04 bits per heavy atom. The molecule has 17 nitrogen and oxygen atoms in total. The maximum Gasteiger partial charge on any atom is 0.416 e. The normalized spacial score (nSPS) is 18.2. The number of hydrogen-bond donors (Lipinski definition) is 2. The molecule has 1 aromatic heterocycles. The van der Waals surface area contributed by atoms with Crippen molar-refractivity contribution in [2.24, 2.45) is 0 Å². The van der Waals surface area contributed by atoms with E-state index >= 15 is 0 Å². The van der Waals surface area contributed by atoms with Gasteiger partial charge in [0.05, 0.1) is 35.0 Å². The number of aromatic nitrogens is 1. The topological polar surface area (TPSA) is 169 Å². The Bertz CT molecular complexity index is 3630. The third kappa shape index (κ3) is 18.2. The van der Waals surface area contributed by atoms with Crippen LogP contribution in [0.25, 0.3) is 11.1 Å². The number of likely N-dealkylation sites (N-methyl/N-ethyl adjacent to an activating group) is 2. The van der Waals surface area contributed by atoms with Gasteiger partial charge in [-0.05, 0) is 142 Å². The number of pyridine rings is 1. The number of piperidine rings is 2. The van der Waals surface area contributed by atoms with Crippen molar-refractivity contribution in [2.45, 2.75) is 106 Å². The molecule has 3 fully saturated rings. The molecule has 1 unspecified atom stereocenters. The van der Waals surface area contributed by atoms with Crippen LogP contribution in [0.4, 0.5) is 47.0 Å². The molecule has 3 aliphatic heterocycles. The van der Waals surface area contributed by atoms with Crippen molar-refractivity contribution in [3.63, 3.8) is 0 Å². The summed E-state index contributed by atoms with van der Waals surface area (Å²) < 4.78 is 116. The number of para-hydroxylation sites is 1. The number of halogens is 7. The van der Waals surface area contributed by atoms with Gasteiger partial charge < -0.3 is 48.9 Å². The first-order chi connectivity index (χ1) is 46.5. The fourth-order valence-corrected chi connectivity index (χ4v) is 13.6. The summed E-state index contributed by atoms with van der Waals surface area (Å²) in [6.07, 6.45) is -2.65. The molecule has 4 aliphatic rings. The van der Waals surface area contributed by atoms with E-state index in [2.05, 4.69) is 37.6 Å². The second kappa shape index (κ2) is 31.8. The van der Waals surface area contributed by atoms with Crippen molar-refractivity contribution in [1.29, 1.82) is 0 Å². The number of amides is 5. The number of alkyl halides is 6. The van der Waals surface area contributed by atoms with Crippen LogP contribution < -0.4 is 10.6 Å². The summed E-state index contributed by atoms with van der Waals surface area (Å²) in [6, 6.07) is 35.4. The lowest BCUT2D eigenvalue weighted by molar-refractivity contribution is -0.143. The lowest BCUT2D eigenvalue weighted by Gasteiger charge is -2.44. The number of hydrogen-bond acceptors (Lipinski definition) is 12. The monoisotopic (exact) mass is 1350 g/mol. The Labute approximate surface area is 561 Å². The number of carbonyl (C=O) groups is 5. The van der Waals surface area contributed by atoms with Gasteiger partial charge in [-0.25, -0.2) is 14.2 Å². The largest absolute Gasteiger partial charge is 0.446 e. The molecular weight excluding hydrogens is 1260 g/mol. The molecule has 5 amide bonds. The van der Waals surface area contributed by atoms with E-state index in [1.165, 1.54) is 24.3 Å². The number of anilines is 2. The summed E-state index contributed by atoms with van der Waals surface area (Å²) in [5, 5.41) is 6.23. The van der Waals surface area contributed by atoms with Gasteiger partial charge in [-0.2, -0.15) is 26.3 Å². The van der Waals surface area contributed by atoms with Crippen LogP contribution in [0.2, 0.25) is 0 Å². The molecule has 5 aromatic carbocycles. The Balaban J connectivity index is 0.604. The van der Waals surface area contributed by atoms with E-state index in [1.54, 1.807) is 47.1 Å². The van der Waals surface area contributed by atoms with Crippen LogP contribution in [0.5, 0.6) is 0 Å². The smallest absolute Gasteiger partial charge is 0.416 e. The Morgan fingerprint density at radius 2 is 1.34 bits per heavy atom. The maximum atomic E-state index is 14.2. The van der Waals surface area contributed by atoms with Gasteiger partial charge >= 0.3 is 18.4 Å². The van der Waals surface area contributed by atoms with Gasteiger partial charge in [0.25, 0.3) is 11.8 Å². The molecule has 1 spiro atoms. The Morgan fingerprint density at radius 1 is 0.680 bits per heavy atom. The molecule has 6 aromatic rings. The third-order valence-electron chi connectivity index (χ3n) is 19.4. The third-order valence-corrected chi connectivity index (χ3v) is 19.4. The van der Waals surface area contributed by atoms with Crippen LogP contribution >= 0.6 is 0 Å². The van der Waals surface area contributed by atoms with Crippen LogP contribution in [-0.4, -0.2) is 183 Å². The molecule has 97 heavy (non-hydrogen) atoms. The predicted molar refractivity (Wildman–Crippen MR) is 353 cm³/mol. The highest BCUT2D eigenvalue weighted by Crippen LogP contribution is 2.48. The number of nitrogens with one attached hydrogen (secondary N) is 2. The van der Waals surface area contributed by atoms with E-state index < -0.39 is 64.6 Å².